The molecule has 22 heavy (non-hydrogen) atoms. The van der Waals surface area contributed by atoms with Gasteiger partial charge in [0.2, 0.25) is 5.91 Å². The van der Waals surface area contributed by atoms with Crippen LogP contribution in [0.4, 0.5) is 0 Å². The molecule has 1 amide bonds. The fourth-order valence-electron chi connectivity index (χ4n) is 2.59. The van der Waals surface area contributed by atoms with Crippen LogP contribution in [0.2, 0.25) is 5.02 Å². The molecule has 0 radical (unpaired) electrons. The zero-order chi connectivity index (χ0) is 16.2. The van der Waals surface area contributed by atoms with Crippen molar-refractivity contribution in [3.63, 3.8) is 0 Å². The van der Waals surface area contributed by atoms with E-state index in [4.69, 9.17) is 11.6 Å². The Hall–Kier alpha value is -1.11. The van der Waals surface area contributed by atoms with E-state index in [9.17, 15) is 18.3 Å². The van der Waals surface area contributed by atoms with E-state index in [0.29, 0.717) is 6.42 Å². The number of rotatable bonds is 5. The summed E-state index contributed by atoms with van der Waals surface area (Å²) in [5.74, 6) is -0.660. The van der Waals surface area contributed by atoms with Gasteiger partial charge in [-0.05, 0) is 25.0 Å². The van der Waals surface area contributed by atoms with E-state index < -0.39 is 15.9 Å². The maximum absolute atomic E-state index is 12.2. The lowest BCUT2D eigenvalue weighted by atomic mass is 9.92. The molecule has 2 rings (SSSR count). The summed E-state index contributed by atoms with van der Waals surface area (Å²) in [4.78, 5) is 11.9. The summed E-state index contributed by atoms with van der Waals surface area (Å²) < 4.78 is 24.4. The summed E-state index contributed by atoms with van der Waals surface area (Å²) in [6.07, 6.45) is 2.62. The van der Waals surface area contributed by atoms with Crippen molar-refractivity contribution in [2.24, 2.45) is 0 Å². The summed E-state index contributed by atoms with van der Waals surface area (Å²) in [6.45, 7) is 0. The predicted octanol–water partition coefficient (Wildman–Crippen LogP) is 1.92. The number of carbonyl (C=O) groups excluding carboxylic acids is 1. The summed E-state index contributed by atoms with van der Waals surface area (Å²) in [7, 11) is -3.60. The van der Waals surface area contributed by atoms with E-state index in [2.05, 4.69) is 5.32 Å². The monoisotopic (exact) mass is 345 g/mol. The zero-order valence-corrected chi connectivity index (χ0v) is 13.7. The van der Waals surface area contributed by atoms with Crippen LogP contribution >= 0.6 is 11.6 Å². The minimum absolute atomic E-state index is 0.0437. The van der Waals surface area contributed by atoms with Crippen molar-refractivity contribution in [1.29, 1.82) is 0 Å². The molecular weight excluding hydrogens is 326 g/mol. The lowest BCUT2D eigenvalue weighted by molar-refractivity contribution is -0.122. The summed E-state index contributed by atoms with van der Waals surface area (Å²) in [5.41, 5.74) is 0. The molecular formula is C15H20ClNO4S. The third kappa shape index (κ3) is 4.44. The van der Waals surface area contributed by atoms with Gasteiger partial charge in [-0.2, -0.15) is 0 Å². The molecule has 0 bridgehead atoms. The second kappa shape index (κ2) is 7.44. The van der Waals surface area contributed by atoms with Crippen molar-refractivity contribution in [1.82, 2.24) is 5.32 Å². The number of aliphatic hydroxyl groups is 1. The molecule has 1 aliphatic carbocycles. The van der Waals surface area contributed by atoms with Crippen molar-refractivity contribution >= 4 is 27.3 Å². The van der Waals surface area contributed by atoms with Crippen LogP contribution in [0.1, 0.15) is 32.1 Å². The predicted molar refractivity (Wildman–Crippen MR) is 84.5 cm³/mol. The summed E-state index contributed by atoms with van der Waals surface area (Å²) >= 11 is 5.89. The van der Waals surface area contributed by atoms with Gasteiger partial charge in [0.15, 0.2) is 9.84 Å². The van der Waals surface area contributed by atoms with Gasteiger partial charge in [0, 0.05) is 6.42 Å². The highest BCUT2D eigenvalue weighted by molar-refractivity contribution is 7.91. The molecule has 0 aliphatic heterocycles. The molecule has 1 fully saturated rings. The first-order valence-electron chi connectivity index (χ1n) is 7.35. The third-order valence-corrected chi connectivity index (χ3v) is 6.05. The normalized spacial score (nSPS) is 22.3. The molecule has 1 aromatic carbocycles. The van der Waals surface area contributed by atoms with Crippen molar-refractivity contribution in [2.45, 2.75) is 49.1 Å². The molecule has 2 atom stereocenters. The van der Waals surface area contributed by atoms with Crippen LogP contribution in [0.15, 0.2) is 29.2 Å². The maximum atomic E-state index is 12.2. The highest BCUT2D eigenvalue weighted by atomic mass is 35.5. The molecule has 0 heterocycles. The Kier molecular flexibility index (Phi) is 5.83. The van der Waals surface area contributed by atoms with E-state index in [1.165, 1.54) is 12.1 Å². The van der Waals surface area contributed by atoms with Crippen molar-refractivity contribution in [3.05, 3.63) is 29.3 Å². The topological polar surface area (TPSA) is 83.5 Å². The van der Waals surface area contributed by atoms with Crippen LogP contribution < -0.4 is 5.32 Å². The van der Waals surface area contributed by atoms with Gasteiger partial charge in [-0.3, -0.25) is 4.79 Å². The van der Waals surface area contributed by atoms with Gasteiger partial charge < -0.3 is 10.4 Å². The van der Waals surface area contributed by atoms with Crippen LogP contribution in [-0.2, 0) is 14.6 Å². The first-order chi connectivity index (χ1) is 10.4. The van der Waals surface area contributed by atoms with Crippen LogP contribution in [0.5, 0.6) is 0 Å². The van der Waals surface area contributed by atoms with E-state index in [1.807, 2.05) is 0 Å². The molecule has 2 N–H and O–H groups in total. The highest BCUT2D eigenvalue weighted by Gasteiger charge is 2.25. The Morgan fingerprint density at radius 3 is 2.64 bits per heavy atom. The molecule has 1 aliphatic rings. The van der Waals surface area contributed by atoms with Gasteiger partial charge in [-0.1, -0.05) is 36.6 Å². The molecule has 122 valence electrons. The average molecular weight is 346 g/mol. The number of halogens is 1. The number of hydrogen-bond acceptors (Lipinski definition) is 4. The maximum Gasteiger partial charge on any atom is 0.221 e. The third-order valence-electron chi connectivity index (χ3n) is 3.85. The zero-order valence-electron chi connectivity index (χ0n) is 12.2. The summed E-state index contributed by atoms with van der Waals surface area (Å²) in [5, 5.41) is 12.7. The minimum Gasteiger partial charge on any atom is -0.391 e. The summed E-state index contributed by atoms with van der Waals surface area (Å²) in [6, 6.07) is 5.91. The smallest absolute Gasteiger partial charge is 0.221 e. The standard InChI is InChI=1S/C15H20ClNO4S/c16-11-5-1-4-8-14(11)22(20,21)10-9-15(19)17-12-6-2-3-7-13(12)18/h1,4-5,8,12-13,18H,2-3,6-7,9-10H2,(H,17,19)/t12-,13-/m1/s1. The van der Waals surface area contributed by atoms with Crippen LogP contribution in [0, 0.1) is 0 Å². The van der Waals surface area contributed by atoms with E-state index >= 15 is 0 Å². The molecule has 5 nitrogen and oxygen atoms in total. The number of carbonyl (C=O) groups is 1. The van der Waals surface area contributed by atoms with Gasteiger partial charge in [-0.15, -0.1) is 0 Å². The van der Waals surface area contributed by atoms with Crippen molar-refractivity contribution < 1.29 is 18.3 Å². The molecule has 0 aromatic heterocycles. The van der Waals surface area contributed by atoms with Gasteiger partial charge >= 0.3 is 0 Å². The van der Waals surface area contributed by atoms with Crippen LogP contribution in [0.25, 0.3) is 0 Å². The first kappa shape index (κ1) is 17.2. The molecule has 0 spiro atoms. The molecule has 0 unspecified atom stereocenters. The van der Waals surface area contributed by atoms with Crippen molar-refractivity contribution in [3.8, 4) is 0 Å². The largest absolute Gasteiger partial charge is 0.391 e. The second-order valence-corrected chi connectivity index (χ2v) is 8.01. The number of aliphatic hydroxyl groups excluding tert-OH is 1. The van der Waals surface area contributed by atoms with E-state index in [1.54, 1.807) is 12.1 Å². The number of amides is 1. The highest BCUT2D eigenvalue weighted by Crippen LogP contribution is 2.22. The Morgan fingerprint density at radius 2 is 1.95 bits per heavy atom. The van der Waals surface area contributed by atoms with Gasteiger partial charge in [0.25, 0.3) is 0 Å². The lowest BCUT2D eigenvalue weighted by Crippen LogP contribution is -2.45. The number of hydrogen-bond donors (Lipinski definition) is 2. The van der Waals surface area contributed by atoms with E-state index in [0.717, 1.165) is 19.3 Å². The van der Waals surface area contributed by atoms with Gasteiger partial charge in [-0.25, -0.2) is 8.42 Å². The first-order valence-corrected chi connectivity index (χ1v) is 9.38. The van der Waals surface area contributed by atoms with Crippen LogP contribution in [-0.4, -0.2) is 37.3 Å². The van der Waals surface area contributed by atoms with E-state index in [-0.39, 0.29) is 34.0 Å². The Balaban J connectivity index is 1.92. The average Bonchev–Trinajstić information content (AvgIpc) is 2.48. The number of sulfone groups is 1. The lowest BCUT2D eigenvalue weighted by Gasteiger charge is -2.28. The molecule has 1 aromatic rings. The Labute approximate surface area is 135 Å². The molecule has 0 saturated heterocycles. The van der Waals surface area contributed by atoms with Crippen LogP contribution in [0.3, 0.4) is 0 Å². The van der Waals surface area contributed by atoms with Gasteiger partial charge in [0.1, 0.15) is 0 Å². The van der Waals surface area contributed by atoms with Crippen molar-refractivity contribution in [2.75, 3.05) is 5.75 Å². The van der Waals surface area contributed by atoms with Gasteiger partial charge in [0.05, 0.1) is 27.8 Å². The minimum atomic E-state index is -3.60. The number of benzene rings is 1. The quantitative estimate of drug-likeness (QED) is 0.854. The molecule has 7 heteroatoms. The second-order valence-electron chi connectivity index (χ2n) is 5.53. The fraction of sp³-hybridized carbons (Fsp3) is 0.533. The number of nitrogens with one attached hydrogen (secondary N) is 1. The Bertz CT molecular complexity index is 632. The fourth-order valence-corrected chi connectivity index (χ4v) is 4.41. The SMILES string of the molecule is O=C(CCS(=O)(=O)c1ccccc1Cl)N[C@@H]1CCCC[C@H]1O. The Morgan fingerprint density at radius 1 is 1.27 bits per heavy atom. The molecule has 1 saturated carbocycles.